The fraction of sp³-hybridized carbons (Fsp3) is 0.451. The Morgan fingerprint density at radius 1 is 0.476 bits per heavy atom. The van der Waals surface area contributed by atoms with Crippen LogP contribution in [0.5, 0.6) is 5.75 Å². The molecule has 3 aromatic carbocycles. The third-order valence-corrected chi connectivity index (χ3v) is 20.8. The zero-order chi connectivity index (χ0) is 72.1. The number of aromatic hydroxyl groups is 1. The summed E-state index contributed by atoms with van der Waals surface area (Å²) in [5, 5.41) is 49.1. The molecule has 3 saturated heterocycles. The first-order chi connectivity index (χ1) is 49.6. The number of fused-ring (bicyclic) bond motifs is 5. The number of guanidine groups is 5. The Morgan fingerprint density at radius 3 is 1.24 bits per heavy atom. The number of aromatic carboxylic acids is 2. The summed E-state index contributed by atoms with van der Waals surface area (Å²) in [6, 6.07) is 14.4. The number of benzene rings is 3. The summed E-state index contributed by atoms with van der Waals surface area (Å²) in [5.41, 5.74) is 21.6. The molecule has 11 N–H and O–H groups in total. The van der Waals surface area contributed by atoms with Gasteiger partial charge in [0.2, 0.25) is 28.2 Å². The van der Waals surface area contributed by atoms with Crippen molar-refractivity contribution in [2.75, 3.05) is 139 Å². The molecule has 0 unspecified atom stereocenters. The van der Waals surface area contributed by atoms with E-state index in [4.69, 9.17) is 27.2 Å². The summed E-state index contributed by atoms with van der Waals surface area (Å²) in [4.78, 5) is 99.7. The van der Waals surface area contributed by atoms with Gasteiger partial charge in [0.05, 0.1) is 51.9 Å². The average Bonchev–Trinajstić information content (AvgIpc) is 1.75. The molecule has 6 fully saturated rings. The molecule has 7 aliphatic rings. The van der Waals surface area contributed by atoms with Crippen molar-refractivity contribution in [2.24, 2.45) is 32.2 Å². The van der Waals surface area contributed by atoms with Crippen molar-refractivity contribution in [1.29, 1.82) is 10.8 Å². The van der Waals surface area contributed by atoms with Crippen LogP contribution in [-0.4, -0.2) is 230 Å². The van der Waals surface area contributed by atoms with Gasteiger partial charge < -0.3 is 85.4 Å². The van der Waals surface area contributed by atoms with Gasteiger partial charge >= 0.3 is 11.9 Å². The van der Waals surface area contributed by atoms with E-state index in [0.717, 1.165) is 62.0 Å². The smallest absolute Gasteiger partial charge is 0.341 e. The molecule has 3 saturated carbocycles. The summed E-state index contributed by atoms with van der Waals surface area (Å²) >= 11 is 0. The number of hydrogen-bond acceptors (Lipinski definition) is 14. The van der Waals surface area contributed by atoms with Crippen LogP contribution in [-0.2, 0) is 12.8 Å². The minimum absolute atomic E-state index is 0.00224. The number of hydrogen-bond donors (Lipinski definition) is 8. The van der Waals surface area contributed by atoms with Crippen LogP contribution in [0.2, 0.25) is 0 Å². The molecule has 3 aliphatic carbocycles. The van der Waals surface area contributed by atoms with E-state index in [2.05, 4.69) is 14.9 Å². The SMILES string of the molecule is N=C(N=C(N)N1CCN(c2cc3c(cc2F)c(=O)c(C(=O)O)cn3C2CC2)CC1)N1CCCN(C(=N)N=C(N)N2CCN(c3cc4c(cc3F)c(=O)c(O)cn4C3CC3)CC2)CCc2cccc(n2)CCN(C(N)=NCN2CCN(c3cc4c(cc3F)c(=O)c(C(=O)O)cn4C3CC3)CC2)CCC1. The predicted octanol–water partition coefficient (Wildman–Crippen LogP) is 4.57. The lowest BCUT2D eigenvalue weighted by Gasteiger charge is -2.37. The van der Waals surface area contributed by atoms with Gasteiger partial charge in [-0.2, -0.15) is 9.98 Å². The van der Waals surface area contributed by atoms with Crippen molar-refractivity contribution in [3.05, 3.63) is 144 Å². The highest BCUT2D eigenvalue weighted by molar-refractivity contribution is 5.96. The molecule has 0 radical (unpaired) electrons. The van der Waals surface area contributed by atoms with Gasteiger partial charge in [0.25, 0.3) is 0 Å². The zero-order valence-electron chi connectivity index (χ0n) is 57.1. The van der Waals surface area contributed by atoms with Gasteiger partial charge in [-0.1, -0.05) is 6.07 Å². The lowest BCUT2D eigenvalue weighted by molar-refractivity contribution is 0.0684. The van der Waals surface area contributed by atoms with E-state index < -0.39 is 57.0 Å². The van der Waals surface area contributed by atoms with E-state index in [0.29, 0.717) is 177 Å². The maximum atomic E-state index is 16.1. The summed E-state index contributed by atoms with van der Waals surface area (Å²) < 4.78 is 53.3. The third-order valence-electron chi connectivity index (χ3n) is 20.8. The Labute approximate surface area is 589 Å². The summed E-state index contributed by atoms with van der Waals surface area (Å²) in [5.74, 6) is -4.67. The van der Waals surface area contributed by atoms with Gasteiger partial charge in [0.15, 0.2) is 23.6 Å². The lowest BCUT2D eigenvalue weighted by atomic mass is 10.1. The van der Waals surface area contributed by atoms with Crippen LogP contribution in [0.25, 0.3) is 32.7 Å². The number of piperazine rings is 3. The molecule has 4 aromatic heterocycles. The fourth-order valence-corrected chi connectivity index (χ4v) is 14.5. The van der Waals surface area contributed by atoms with Crippen molar-refractivity contribution >= 4 is 91.5 Å². The standard InChI is InChI=1S/C71H84F3N21O8/c72-52-32-47-55(93(44-6-7-44)38-50(62(47)97)65(100)101)35-58(52)85-22-20-84(21-23-85)41-80-67(75)89-16-2-14-88(68(76)82-70(78)91-28-24-86(25-29-91)59-36-56-48(33-53(59)73)63(98)51(66(102)103)39-94(56)45-8-9-45)15-3-17-90(19-13-43-5-1-4-42(81-43)12-18-89)69(77)83-71(79)92-30-26-87(27-31-92)60-37-57-49(34-54(60)74)64(99)61(96)40-95(57)46-10-11-46/h1,4-5,32-40,44-46,96H,2-3,6-31,41H2,(H2,75,80)(H,100,101)(H,102,103)(H3,76,78,82)(H3,77,79,83). The molecule has 0 atom stereocenters. The number of halogens is 3. The van der Waals surface area contributed by atoms with Gasteiger partial charge in [0.1, 0.15) is 28.6 Å². The van der Waals surface area contributed by atoms with Crippen molar-refractivity contribution in [3.8, 4) is 5.75 Å². The topological polar surface area (TPSA) is 366 Å². The second-order valence-corrected chi connectivity index (χ2v) is 27.7. The quantitative estimate of drug-likeness (QED) is 0.0686. The van der Waals surface area contributed by atoms with Gasteiger partial charge in [-0.05, 0) is 99.9 Å². The van der Waals surface area contributed by atoms with E-state index >= 15 is 13.2 Å². The molecule has 4 aliphatic heterocycles. The van der Waals surface area contributed by atoms with E-state index in [1.807, 2.05) is 62.0 Å². The van der Waals surface area contributed by atoms with Crippen LogP contribution < -0.4 is 48.2 Å². The highest BCUT2D eigenvalue weighted by atomic mass is 19.1. The van der Waals surface area contributed by atoms with Gasteiger partial charge in [0, 0.05) is 183 Å². The summed E-state index contributed by atoms with van der Waals surface area (Å²) in [6.07, 6.45) is 11.1. The molecule has 542 valence electrons. The second-order valence-electron chi connectivity index (χ2n) is 27.7. The van der Waals surface area contributed by atoms with E-state index in [9.17, 15) is 50.1 Å². The number of nitrogens with one attached hydrogen (secondary N) is 2. The van der Waals surface area contributed by atoms with Crippen LogP contribution in [0.4, 0.5) is 30.2 Å². The number of aromatic nitrogens is 4. The fourth-order valence-electron chi connectivity index (χ4n) is 14.5. The van der Waals surface area contributed by atoms with Crippen molar-refractivity contribution in [1.82, 2.24) is 48.1 Å². The van der Waals surface area contributed by atoms with Crippen LogP contribution in [0.15, 0.2) is 103 Å². The Balaban J connectivity index is 0.668. The molecular weight excluding hydrogens is 1330 g/mol. The van der Waals surface area contributed by atoms with Crippen LogP contribution >= 0.6 is 0 Å². The number of nitrogens with zero attached hydrogens (tertiary/aromatic N) is 16. The van der Waals surface area contributed by atoms with Gasteiger partial charge in [-0.15, -0.1) is 0 Å². The van der Waals surface area contributed by atoms with Crippen molar-refractivity contribution in [3.63, 3.8) is 0 Å². The Morgan fingerprint density at radius 2 is 0.835 bits per heavy atom. The summed E-state index contributed by atoms with van der Waals surface area (Å²) in [6.45, 7) is 7.06. The summed E-state index contributed by atoms with van der Waals surface area (Å²) in [7, 11) is 0. The van der Waals surface area contributed by atoms with E-state index in [-0.39, 0.29) is 76.0 Å². The van der Waals surface area contributed by atoms with Gasteiger partial charge in [-0.3, -0.25) is 35.1 Å². The van der Waals surface area contributed by atoms with E-state index in [1.54, 1.807) is 27.3 Å². The van der Waals surface area contributed by atoms with Crippen molar-refractivity contribution in [2.45, 2.75) is 82.3 Å². The van der Waals surface area contributed by atoms with E-state index in [1.165, 1.54) is 24.7 Å². The first-order valence-electron chi connectivity index (χ1n) is 35.3. The normalized spacial score (nSPS) is 19.1. The molecule has 14 rings (SSSR count). The molecule has 0 spiro atoms. The first-order valence-corrected chi connectivity index (χ1v) is 35.3. The Bertz CT molecular complexity index is 4810. The number of carbonyl (C=O) groups is 2. The minimum Gasteiger partial charge on any atom is -0.503 e. The third kappa shape index (κ3) is 14.8. The molecule has 32 heteroatoms. The first kappa shape index (κ1) is 69.2. The zero-order valence-corrected chi connectivity index (χ0v) is 57.1. The molecular formula is C71H84F3N21O8. The second kappa shape index (κ2) is 28.8. The maximum absolute atomic E-state index is 16.1. The number of carboxylic acid groups (broad SMARTS) is 2. The molecule has 7 aromatic rings. The number of rotatable bonds is 10. The number of pyridine rings is 4. The van der Waals surface area contributed by atoms with Crippen molar-refractivity contribution < 1.29 is 38.1 Å². The molecule has 103 heavy (non-hydrogen) atoms. The van der Waals surface area contributed by atoms with Gasteiger partial charge in [-0.25, -0.2) is 27.8 Å². The molecule has 29 nitrogen and oxygen atoms in total. The number of aliphatic imine (C=N–C) groups is 3. The minimum atomic E-state index is -1.37. The molecule has 2 bridgehead atoms. The number of nitrogens with two attached hydrogens (primary N) is 3. The molecule has 0 amide bonds. The number of carboxylic acids is 2. The number of anilines is 3. The largest absolute Gasteiger partial charge is 0.503 e. The Hall–Kier alpha value is -10.9. The Kier molecular flexibility index (Phi) is 19.4. The highest BCUT2D eigenvalue weighted by Crippen LogP contribution is 2.41. The monoisotopic (exact) mass is 1420 g/mol. The predicted molar refractivity (Wildman–Crippen MR) is 387 cm³/mol. The average molecular weight is 1420 g/mol. The van der Waals surface area contributed by atoms with Crippen LogP contribution in [0.1, 0.15) is 102 Å². The van der Waals surface area contributed by atoms with Crippen LogP contribution in [0, 0.1) is 28.3 Å². The lowest BCUT2D eigenvalue weighted by Crippen LogP contribution is -2.52. The van der Waals surface area contributed by atoms with Crippen LogP contribution in [0.3, 0.4) is 0 Å². The molecule has 8 heterocycles. The maximum Gasteiger partial charge on any atom is 0.341 e. The highest BCUT2D eigenvalue weighted by Gasteiger charge is 2.33.